The Balaban J connectivity index is 1.73. The number of aromatic nitrogens is 2. The van der Waals surface area contributed by atoms with Gasteiger partial charge in [0.05, 0.1) is 17.6 Å². The van der Waals surface area contributed by atoms with Crippen molar-refractivity contribution < 1.29 is 17.6 Å². The van der Waals surface area contributed by atoms with Crippen LogP contribution in [0.2, 0.25) is 0 Å². The molecule has 0 unspecified atom stereocenters. The topological polar surface area (TPSA) is 115 Å². The second-order valence-corrected chi connectivity index (χ2v) is 11.7. The fourth-order valence-corrected chi connectivity index (χ4v) is 6.43. The van der Waals surface area contributed by atoms with Gasteiger partial charge in [-0.15, -0.1) is 0 Å². The van der Waals surface area contributed by atoms with Crippen molar-refractivity contribution in [1.29, 1.82) is 0 Å². The lowest BCUT2D eigenvalue weighted by Gasteiger charge is -2.40. The van der Waals surface area contributed by atoms with E-state index in [4.69, 9.17) is 5.73 Å². The largest absolute Gasteiger partial charge is 0.386 e. The molecule has 3 aromatic rings. The molecule has 0 saturated heterocycles. The van der Waals surface area contributed by atoms with Crippen molar-refractivity contribution in [1.82, 2.24) is 9.97 Å². The minimum absolute atomic E-state index is 0.0475. The maximum Gasteiger partial charge on any atom is 0.187 e. The number of hydrogen-bond donors (Lipinski definition) is 1. The Morgan fingerprint density at radius 1 is 1.06 bits per heavy atom. The van der Waals surface area contributed by atoms with Crippen LogP contribution in [0.5, 0.6) is 0 Å². The molecule has 0 radical (unpaired) electrons. The third-order valence-electron chi connectivity index (χ3n) is 6.59. The fourth-order valence-electron chi connectivity index (χ4n) is 4.32. The van der Waals surface area contributed by atoms with E-state index in [0.717, 1.165) is 5.56 Å². The normalized spacial score (nSPS) is 23.5. The van der Waals surface area contributed by atoms with Crippen LogP contribution >= 0.6 is 0 Å². The minimum atomic E-state index is -3.90. The van der Waals surface area contributed by atoms with E-state index in [-0.39, 0.29) is 29.3 Å². The van der Waals surface area contributed by atoms with E-state index < -0.39 is 31.7 Å². The van der Waals surface area contributed by atoms with Crippen molar-refractivity contribution in [3.63, 3.8) is 0 Å². The first-order chi connectivity index (χ1) is 16.4. The molecule has 0 fully saturated rings. The summed E-state index contributed by atoms with van der Waals surface area (Å²) in [6, 6.07) is 11.3. The predicted octanol–water partition coefficient (Wildman–Crippen LogP) is 3.57. The van der Waals surface area contributed by atoms with Crippen molar-refractivity contribution in [2.45, 2.75) is 44.4 Å². The number of carbonyl (C=O) groups excluding carboxylic acids is 1. The number of halogens is 1. The average Bonchev–Trinajstić information content (AvgIpc) is 2.79. The minimum Gasteiger partial charge on any atom is -0.386 e. The first-order valence-electron chi connectivity index (χ1n) is 11.1. The van der Waals surface area contributed by atoms with E-state index in [9.17, 15) is 13.2 Å². The number of aliphatic imine (C=N–C) groups is 1. The van der Waals surface area contributed by atoms with Crippen molar-refractivity contribution in [3.8, 4) is 0 Å². The molecule has 0 bridgehead atoms. The van der Waals surface area contributed by atoms with Crippen molar-refractivity contribution in [3.05, 3.63) is 94.3 Å². The van der Waals surface area contributed by atoms with Gasteiger partial charge in [0.1, 0.15) is 22.9 Å². The molecule has 1 aromatic heterocycles. The van der Waals surface area contributed by atoms with Gasteiger partial charge < -0.3 is 5.73 Å². The lowest BCUT2D eigenvalue weighted by atomic mass is 9.90. The Bertz CT molecular complexity index is 1440. The molecule has 4 rings (SSSR count). The van der Waals surface area contributed by atoms with E-state index in [2.05, 4.69) is 15.0 Å². The molecule has 0 amide bonds. The summed E-state index contributed by atoms with van der Waals surface area (Å²) in [6.07, 6.45) is 2.85. The third kappa shape index (κ3) is 4.36. The number of ketones is 1. The summed E-state index contributed by atoms with van der Waals surface area (Å²) < 4.78 is 40.7. The van der Waals surface area contributed by atoms with E-state index >= 15 is 4.39 Å². The van der Waals surface area contributed by atoms with Gasteiger partial charge in [-0.3, -0.25) is 14.8 Å². The number of nitrogens with zero attached hydrogens (tertiary/aromatic N) is 3. The summed E-state index contributed by atoms with van der Waals surface area (Å²) in [7, 11) is -3.90. The van der Waals surface area contributed by atoms with E-state index in [1.807, 2.05) is 19.1 Å². The highest BCUT2D eigenvalue weighted by Gasteiger charge is 2.53. The van der Waals surface area contributed by atoms with Gasteiger partial charge in [-0.05, 0) is 51.0 Å². The average molecular weight is 495 g/mol. The van der Waals surface area contributed by atoms with Crippen LogP contribution in [0.1, 0.15) is 52.3 Å². The molecule has 9 heteroatoms. The van der Waals surface area contributed by atoms with Crippen LogP contribution in [0.25, 0.3) is 0 Å². The van der Waals surface area contributed by atoms with Gasteiger partial charge in [0.25, 0.3) is 0 Å². The second-order valence-electron chi connectivity index (χ2n) is 9.39. The molecule has 7 nitrogen and oxygen atoms in total. The standard InChI is InChI=1S/C26H27FN4O3S/c1-16-5-8-19(9-6-16)26(4)24(28)31-25(3,15-35(26,33)34)20-11-18(7-10-21(20)27)12-23(32)22-14-29-17(2)13-30-22/h5-11,13-14H,12,15H2,1-4H3,(H2,28,31)/t25-,26+/m0/s1. The number of aryl methyl sites for hydroxylation is 2. The number of nitrogens with two attached hydrogens (primary N) is 1. The first-order valence-corrected chi connectivity index (χ1v) is 12.8. The second kappa shape index (κ2) is 8.64. The highest BCUT2D eigenvalue weighted by molar-refractivity contribution is 7.93. The van der Waals surface area contributed by atoms with Crippen molar-refractivity contribution in [2.75, 3.05) is 5.75 Å². The number of rotatable bonds is 5. The van der Waals surface area contributed by atoms with Gasteiger partial charge in [0.2, 0.25) is 0 Å². The fraction of sp³-hybridized carbons (Fsp3) is 0.308. The molecule has 0 saturated carbocycles. The molecule has 2 aromatic carbocycles. The molecule has 0 aliphatic carbocycles. The Kier molecular flexibility index (Phi) is 6.09. The Labute approximate surface area is 204 Å². The number of Topliss-reactive ketones (excluding diaryl/α,β-unsaturated/α-hetero) is 1. The molecule has 0 spiro atoms. The molecule has 1 aliphatic rings. The molecular formula is C26H27FN4O3S. The zero-order valence-electron chi connectivity index (χ0n) is 20.0. The molecule has 2 atom stereocenters. The highest BCUT2D eigenvalue weighted by atomic mass is 32.2. The summed E-state index contributed by atoms with van der Waals surface area (Å²) in [5, 5.41) is 0. The van der Waals surface area contributed by atoms with Crippen LogP contribution in [0.3, 0.4) is 0 Å². The Morgan fingerprint density at radius 3 is 2.34 bits per heavy atom. The van der Waals surface area contributed by atoms with Gasteiger partial charge in [0.15, 0.2) is 20.4 Å². The van der Waals surface area contributed by atoms with Gasteiger partial charge >= 0.3 is 0 Å². The van der Waals surface area contributed by atoms with Crippen LogP contribution in [-0.4, -0.2) is 35.8 Å². The number of hydrogen-bond acceptors (Lipinski definition) is 7. The molecule has 1 aliphatic heterocycles. The van der Waals surface area contributed by atoms with Crippen molar-refractivity contribution in [2.24, 2.45) is 10.7 Å². The molecule has 35 heavy (non-hydrogen) atoms. The Morgan fingerprint density at radius 2 is 1.74 bits per heavy atom. The zero-order chi connectivity index (χ0) is 25.6. The SMILES string of the molecule is Cc1ccc([C@]2(C)C(N)=N[C@](C)(c3cc(CC(=O)c4cnc(C)cn4)ccc3F)CS2(=O)=O)cc1. The highest BCUT2D eigenvalue weighted by Crippen LogP contribution is 2.42. The van der Waals surface area contributed by atoms with Gasteiger partial charge in [0, 0.05) is 18.2 Å². The van der Waals surface area contributed by atoms with Gasteiger partial charge in [-0.25, -0.2) is 17.8 Å². The lowest BCUT2D eigenvalue weighted by molar-refractivity contribution is 0.0987. The number of sulfone groups is 1. The smallest absolute Gasteiger partial charge is 0.187 e. The summed E-state index contributed by atoms with van der Waals surface area (Å²) in [4.78, 5) is 25.4. The summed E-state index contributed by atoms with van der Waals surface area (Å²) in [6.45, 7) is 6.74. The van der Waals surface area contributed by atoms with E-state index in [0.29, 0.717) is 16.8 Å². The predicted molar refractivity (Wildman–Crippen MR) is 132 cm³/mol. The van der Waals surface area contributed by atoms with Crippen LogP contribution in [-0.2, 0) is 26.5 Å². The summed E-state index contributed by atoms with van der Waals surface area (Å²) in [5.74, 6) is -1.45. The maximum atomic E-state index is 15.0. The molecular weight excluding hydrogens is 467 g/mol. The van der Waals surface area contributed by atoms with E-state index in [1.54, 1.807) is 26.0 Å². The first kappa shape index (κ1) is 24.7. The van der Waals surface area contributed by atoms with Crippen LogP contribution in [0.4, 0.5) is 4.39 Å². The summed E-state index contributed by atoms with van der Waals surface area (Å²) >= 11 is 0. The lowest BCUT2D eigenvalue weighted by Crippen LogP contribution is -2.54. The number of benzene rings is 2. The monoisotopic (exact) mass is 494 g/mol. The quantitative estimate of drug-likeness (QED) is 0.542. The molecule has 2 N–H and O–H groups in total. The number of carbonyl (C=O) groups is 1. The van der Waals surface area contributed by atoms with E-state index in [1.165, 1.54) is 37.5 Å². The van der Waals surface area contributed by atoms with Gasteiger partial charge in [-0.1, -0.05) is 35.9 Å². The molecule has 182 valence electrons. The number of amidine groups is 1. The zero-order valence-corrected chi connectivity index (χ0v) is 20.9. The Hall–Kier alpha value is -3.46. The third-order valence-corrected chi connectivity index (χ3v) is 9.22. The van der Waals surface area contributed by atoms with Crippen LogP contribution in [0.15, 0.2) is 59.9 Å². The van der Waals surface area contributed by atoms with Gasteiger partial charge in [-0.2, -0.15) is 0 Å². The maximum absolute atomic E-state index is 15.0. The van der Waals surface area contributed by atoms with Crippen LogP contribution < -0.4 is 5.73 Å². The van der Waals surface area contributed by atoms with Crippen LogP contribution in [0, 0.1) is 19.7 Å². The molecule has 2 heterocycles. The summed E-state index contributed by atoms with van der Waals surface area (Å²) in [5.41, 5.74) is 7.79. The van der Waals surface area contributed by atoms with Crippen molar-refractivity contribution >= 4 is 21.5 Å².